The Morgan fingerprint density at radius 1 is 1.15 bits per heavy atom. The van der Waals surface area contributed by atoms with Gasteiger partial charge in [-0.1, -0.05) is 17.3 Å². The number of oxime groups is 1. The van der Waals surface area contributed by atoms with Gasteiger partial charge < -0.3 is 14.3 Å². The second-order valence-electron chi connectivity index (χ2n) is 5.29. The van der Waals surface area contributed by atoms with E-state index in [1.165, 1.54) is 32.4 Å². The van der Waals surface area contributed by atoms with Crippen LogP contribution in [0.4, 0.5) is 5.69 Å². The van der Waals surface area contributed by atoms with E-state index >= 15 is 0 Å². The second-order valence-corrected chi connectivity index (χ2v) is 5.29. The molecule has 8 heteroatoms. The molecule has 2 aromatic rings. The molecule has 0 bridgehead atoms. The van der Waals surface area contributed by atoms with Gasteiger partial charge in [-0.05, 0) is 18.2 Å². The number of rotatable bonds is 5. The largest absolute Gasteiger partial charge is 0.497 e. The van der Waals surface area contributed by atoms with E-state index in [9.17, 15) is 14.9 Å². The monoisotopic (exact) mass is 354 g/mol. The highest BCUT2D eigenvalue weighted by atomic mass is 16.7. The van der Waals surface area contributed by atoms with Gasteiger partial charge in [0.2, 0.25) is 0 Å². The Kier molecular flexibility index (Phi) is 4.66. The number of nitro groups is 1. The quantitative estimate of drug-likeness (QED) is 0.354. The zero-order valence-corrected chi connectivity index (χ0v) is 14.0. The molecule has 0 unspecified atom stereocenters. The van der Waals surface area contributed by atoms with Crippen molar-refractivity contribution in [3.05, 3.63) is 69.3 Å². The van der Waals surface area contributed by atoms with Crippen LogP contribution in [-0.4, -0.2) is 30.8 Å². The van der Waals surface area contributed by atoms with Crippen LogP contribution in [0.3, 0.4) is 0 Å². The average Bonchev–Trinajstić information content (AvgIpc) is 3.02. The SMILES string of the molecule is COc1ccc(/C=C2\C(=O)ON=C2c2cccc([N+](=O)[O-])c2)c(OC)c1. The van der Waals surface area contributed by atoms with Crippen molar-refractivity contribution >= 4 is 23.4 Å². The van der Waals surface area contributed by atoms with Crippen LogP contribution < -0.4 is 9.47 Å². The molecule has 0 saturated carbocycles. The molecule has 0 fully saturated rings. The number of carbonyl (C=O) groups is 1. The summed E-state index contributed by atoms with van der Waals surface area (Å²) in [7, 11) is 3.04. The third-order valence-electron chi connectivity index (χ3n) is 3.77. The van der Waals surface area contributed by atoms with Crippen LogP contribution in [0.25, 0.3) is 6.08 Å². The van der Waals surface area contributed by atoms with Gasteiger partial charge in [0.15, 0.2) is 0 Å². The van der Waals surface area contributed by atoms with Crippen molar-refractivity contribution in [1.29, 1.82) is 0 Å². The fourth-order valence-electron chi connectivity index (χ4n) is 2.48. The smallest absolute Gasteiger partial charge is 0.368 e. The van der Waals surface area contributed by atoms with Gasteiger partial charge in [-0.25, -0.2) is 4.79 Å². The Bertz CT molecular complexity index is 948. The van der Waals surface area contributed by atoms with Crippen molar-refractivity contribution < 1.29 is 24.0 Å². The lowest BCUT2D eigenvalue weighted by Gasteiger charge is -2.08. The summed E-state index contributed by atoms with van der Waals surface area (Å²) >= 11 is 0. The Balaban J connectivity index is 2.05. The maximum absolute atomic E-state index is 12.1. The first-order valence-electron chi connectivity index (χ1n) is 7.51. The van der Waals surface area contributed by atoms with E-state index in [0.717, 1.165) is 0 Å². The molecule has 1 heterocycles. The molecule has 26 heavy (non-hydrogen) atoms. The molecular weight excluding hydrogens is 340 g/mol. The van der Waals surface area contributed by atoms with E-state index in [1.807, 2.05) is 0 Å². The van der Waals surface area contributed by atoms with Crippen molar-refractivity contribution in [1.82, 2.24) is 0 Å². The van der Waals surface area contributed by atoms with Crippen molar-refractivity contribution in [3.8, 4) is 11.5 Å². The van der Waals surface area contributed by atoms with Gasteiger partial charge in [-0.15, -0.1) is 0 Å². The van der Waals surface area contributed by atoms with E-state index in [4.69, 9.17) is 14.3 Å². The minimum atomic E-state index is -0.649. The Morgan fingerprint density at radius 3 is 2.65 bits per heavy atom. The van der Waals surface area contributed by atoms with Gasteiger partial charge in [-0.3, -0.25) is 10.1 Å². The Labute approximate surface area is 148 Å². The molecule has 0 radical (unpaired) electrons. The lowest BCUT2D eigenvalue weighted by atomic mass is 10.00. The number of nitrogens with zero attached hydrogens (tertiary/aromatic N) is 2. The summed E-state index contributed by atoms with van der Waals surface area (Å²) < 4.78 is 10.5. The molecule has 0 N–H and O–H groups in total. The van der Waals surface area contributed by atoms with Crippen LogP contribution in [0.1, 0.15) is 11.1 Å². The van der Waals surface area contributed by atoms with Crippen LogP contribution in [-0.2, 0) is 9.63 Å². The summed E-state index contributed by atoms with van der Waals surface area (Å²) in [6, 6.07) is 11.0. The highest BCUT2D eigenvalue weighted by Crippen LogP contribution is 2.29. The summed E-state index contributed by atoms with van der Waals surface area (Å²) in [5.41, 5.74) is 1.31. The number of non-ortho nitro benzene ring substituents is 1. The van der Waals surface area contributed by atoms with Crippen molar-refractivity contribution in [2.75, 3.05) is 14.2 Å². The predicted molar refractivity (Wildman–Crippen MR) is 93.2 cm³/mol. The van der Waals surface area contributed by atoms with Gasteiger partial charge in [0.05, 0.1) is 24.7 Å². The molecule has 8 nitrogen and oxygen atoms in total. The molecule has 0 spiro atoms. The van der Waals surface area contributed by atoms with E-state index in [0.29, 0.717) is 22.6 Å². The third kappa shape index (κ3) is 3.25. The fraction of sp³-hybridized carbons (Fsp3) is 0.111. The molecule has 2 aromatic carbocycles. The molecule has 132 valence electrons. The normalized spacial score (nSPS) is 14.8. The van der Waals surface area contributed by atoms with Crippen LogP contribution in [0.2, 0.25) is 0 Å². The third-order valence-corrected chi connectivity index (χ3v) is 3.77. The highest BCUT2D eigenvalue weighted by Gasteiger charge is 2.28. The van der Waals surface area contributed by atoms with E-state index in [1.54, 1.807) is 30.3 Å². The number of ether oxygens (including phenoxy) is 2. The van der Waals surface area contributed by atoms with Crippen LogP contribution in [0.15, 0.2) is 53.2 Å². The molecule has 0 aliphatic carbocycles. The fourth-order valence-corrected chi connectivity index (χ4v) is 2.48. The summed E-state index contributed by atoms with van der Waals surface area (Å²) in [6.07, 6.45) is 1.56. The number of benzene rings is 2. The number of methoxy groups -OCH3 is 2. The summed E-state index contributed by atoms with van der Waals surface area (Å²) in [4.78, 5) is 27.3. The zero-order valence-electron chi connectivity index (χ0n) is 14.0. The maximum Gasteiger partial charge on any atom is 0.368 e. The first-order chi connectivity index (χ1) is 12.5. The molecule has 0 atom stereocenters. The molecule has 1 aliphatic heterocycles. The van der Waals surface area contributed by atoms with Crippen molar-refractivity contribution in [3.63, 3.8) is 0 Å². The number of carbonyl (C=O) groups excluding carboxylic acids is 1. The van der Waals surface area contributed by atoms with Gasteiger partial charge in [0.1, 0.15) is 17.2 Å². The Hall–Kier alpha value is -3.68. The molecule has 1 aliphatic rings. The number of nitro benzene ring substituents is 1. The van der Waals surface area contributed by atoms with Gasteiger partial charge in [0.25, 0.3) is 5.69 Å². The number of hydrogen-bond acceptors (Lipinski definition) is 7. The van der Waals surface area contributed by atoms with Crippen LogP contribution >= 0.6 is 0 Å². The molecule has 0 amide bonds. The maximum atomic E-state index is 12.1. The minimum absolute atomic E-state index is 0.106. The van der Waals surface area contributed by atoms with Crippen molar-refractivity contribution in [2.24, 2.45) is 5.16 Å². The Morgan fingerprint density at radius 2 is 1.96 bits per heavy atom. The number of hydrogen-bond donors (Lipinski definition) is 0. The van der Waals surface area contributed by atoms with Crippen LogP contribution in [0, 0.1) is 10.1 Å². The molecule has 3 rings (SSSR count). The predicted octanol–water partition coefficient (Wildman–Crippen LogP) is 2.96. The highest BCUT2D eigenvalue weighted by molar-refractivity contribution is 6.31. The van der Waals surface area contributed by atoms with Gasteiger partial charge >= 0.3 is 5.97 Å². The summed E-state index contributed by atoms with van der Waals surface area (Å²) in [5.74, 6) is 0.449. The lowest BCUT2D eigenvalue weighted by Crippen LogP contribution is -2.07. The summed E-state index contributed by atoms with van der Waals surface area (Å²) in [6.45, 7) is 0. The van der Waals surface area contributed by atoms with Gasteiger partial charge in [-0.2, -0.15) is 0 Å². The van der Waals surface area contributed by atoms with E-state index in [2.05, 4.69) is 5.16 Å². The van der Waals surface area contributed by atoms with E-state index in [-0.39, 0.29) is 17.0 Å². The lowest BCUT2D eigenvalue weighted by molar-refractivity contribution is -0.384. The van der Waals surface area contributed by atoms with Crippen molar-refractivity contribution in [2.45, 2.75) is 0 Å². The topological polar surface area (TPSA) is 100 Å². The first-order valence-corrected chi connectivity index (χ1v) is 7.51. The second kappa shape index (κ2) is 7.06. The average molecular weight is 354 g/mol. The minimum Gasteiger partial charge on any atom is -0.497 e. The molecular formula is C18H14N2O6. The molecule has 0 aromatic heterocycles. The van der Waals surface area contributed by atoms with E-state index < -0.39 is 10.9 Å². The zero-order chi connectivity index (χ0) is 18.7. The van der Waals surface area contributed by atoms with Gasteiger partial charge in [0, 0.05) is 29.3 Å². The molecule has 0 saturated heterocycles. The van der Waals surface area contributed by atoms with Crippen LogP contribution in [0.5, 0.6) is 11.5 Å². The first kappa shape index (κ1) is 17.2. The summed E-state index contributed by atoms with van der Waals surface area (Å²) in [5, 5.41) is 14.7. The standard InChI is InChI=1S/C18H14N2O6/c1-24-14-7-6-11(16(10-14)25-2)9-15-17(19-26-18(15)21)12-4-3-5-13(8-12)20(22)23/h3-10H,1-2H3/b15-9-.